The third-order valence-corrected chi connectivity index (χ3v) is 12.6. The molecule has 26 heteroatoms. The first-order valence-electron chi connectivity index (χ1n) is 19.2. The Balaban J connectivity index is 2.55. The molecule has 358 valence electrons. The van der Waals surface area contributed by atoms with Gasteiger partial charge in [0.05, 0.1) is 92.2 Å². The summed E-state index contributed by atoms with van der Waals surface area (Å²) in [5.41, 5.74) is -0.612. The van der Waals surface area contributed by atoms with Crippen LogP contribution in [0.25, 0.3) is 0 Å². The fourth-order valence-electron chi connectivity index (χ4n) is 6.23. The Morgan fingerprint density at radius 1 is 0.469 bits per heavy atom. The maximum Gasteiger partial charge on any atom is 0.255 e. The normalized spacial score (nSPS) is 13.6. The molecular weight excluding hydrogens is 1190 g/mol. The van der Waals surface area contributed by atoms with Crippen molar-refractivity contribution in [2.75, 3.05) is 89.5 Å². The molecule has 0 radical (unpaired) electrons. The second-order valence-electron chi connectivity index (χ2n) is 14.3. The number of rotatable bonds is 24. The Labute approximate surface area is 407 Å². The van der Waals surface area contributed by atoms with E-state index in [4.69, 9.17) is 0 Å². The van der Waals surface area contributed by atoms with Crippen molar-refractivity contribution >= 4 is 115 Å². The number of aliphatic hydroxyl groups excluding tert-OH is 11. The van der Waals surface area contributed by atoms with Crippen LogP contribution in [0, 0.1) is 31.5 Å². The topological polar surface area (TPSA) is 380 Å². The summed E-state index contributed by atoms with van der Waals surface area (Å²) in [6.07, 6.45) is -7.36. The van der Waals surface area contributed by atoms with Gasteiger partial charge in [-0.15, -0.1) is 0 Å². The number of aliphatic hydroxyl groups is 11. The van der Waals surface area contributed by atoms with Crippen molar-refractivity contribution in [1.82, 2.24) is 20.4 Å². The fourth-order valence-corrected chi connectivity index (χ4v) is 10.0. The van der Waals surface area contributed by atoms with Crippen LogP contribution in [-0.4, -0.2) is 211 Å². The largest absolute Gasteiger partial charge is 0.394 e. The summed E-state index contributed by atoms with van der Waals surface area (Å²) in [5, 5.41) is 118. The minimum atomic E-state index is -1.51. The fraction of sp³-hybridized carbons (Fsp3) is 0.526. The monoisotopic (exact) mass is 1250 g/mol. The van der Waals surface area contributed by atoms with Crippen LogP contribution in [0.1, 0.15) is 58.1 Å². The number of nitrogens with zero attached hydrogens (tertiary/aromatic N) is 2. The molecule has 0 saturated carbocycles. The van der Waals surface area contributed by atoms with Gasteiger partial charge in [-0.3, -0.25) is 28.8 Å². The molecule has 15 N–H and O–H groups in total. The van der Waals surface area contributed by atoms with Gasteiger partial charge in [0.1, 0.15) is 13.2 Å². The predicted molar refractivity (Wildman–Crippen MR) is 252 cm³/mol. The first kappa shape index (κ1) is 57.1. The van der Waals surface area contributed by atoms with Crippen molar-refractivity contribution in [3.05, 3.63) is 49.7 Å². The van der Waals surface area contributed by atoms with Gasteiger partial charge in [0, 0.05) is 48.4 Å². The summed E-state index contributed by atoms with van der Waals surface area (Å²) in [6.45, 7) is -3.85. The number of benzene rings is 2. The molecule has 0 bridgehead atoms. The summed E-state index contributed by atoms with van der Waals surface area (Å²) in [7, 11) is 0. The van der Waals surface area contributed by atoms with E-state index >= 15 is 0 Å². The van der Waals surface area contributed by atoms with Crippen LogP contribution in [-0.2, 0) is 9.59 Å². The third kappa shape index (κ3) is 15.0. The number of hydrogen-bond donors (Lipinski definition) is 15. The summed E-state index contributed by atoms with van der Waals surface area (Å²) in [6, 6.07) is 0. The maximum absolute atomic E-state index is 14.0. The number of carbonyl (C=O) groups excluding carboxylic acids is 6. The van der Waals surface area contributed by atoms with E-state index < -0.39 is 145 Å². The smallest absolute Gasteiger partial charge is 0.255 e. The van der Waals surface area contributed by atoms with E-state index in [0.717, 1.165) is 9.80 Å². The van der Waals surface area contributed by atoms with Crippen molar-refractivity contribution in [2.24, 2.45) is 0 Å². The average molecular weight is 1250 g/mol. The molecule has 0 spiro atoms. The van der Waals surface area contributed by atoms with Crippen LogP contribution in [0.15, 0.2) is 0 Å². The van der Waals surface area contributed by atoms with Crippen molar-refractivity contribution in [2.45, 2.75) is 51.3 Å². The molecule has 5 atom stereocenters. The number of carbonyl (C=O) groups is 6. The van der Waals surface area contributed by atoms with E-state index in [1.807, 2.05) is 0 Å². The highest BCUT2D eigenvalue weighted by Crippen LogP contribution is 2.36. The molecule has 5 unspecified atom stereocenters. The van der Waals surface area contributed by atoms with Crippen molar-refractivity contribution in [3.8, 4) is 0 Å². The molecule has 0 aromatic heterocycles. The first-order chi connectivity index (χ1) is 30.0. The predicted octanol–water partition coefficient (Wildman–Crippen LogP) is -3.89. The van der Waals surface area contributed by atoms with E-state index in [1.54, 1.807) is 67.8 Å². The molecule has 0 aliphatic carbocycles. The van der Waals surface area contributed by atoms with Gasteiger partial charge < -0.3 is 87.2 Å². The molecule has 2 aromatic carbocycles. The van der Waals surface area contributed by atoms with Crippen LogP contribution in [0.4, 0.5) is 11.4 Å². The van der Waals surface area contributed by atoms with Crippen LogP contribution in [0.3, 0.4) is 0 Å². The third-order valence-electron chi connectivity index (χ3n) is 9.40. The summed E-state index contributed by atoms with van der Waals surface area (Å²) in [4.78, 5) is 82.4. The summed E-state index contributed by atoms with van der Waals surface area (Å²) in [5.74, 6) is -5.32. The van der Waals surface area contributed by atoms with Gasteiger partial charge in [0.15, 0.2) is 0 Å². The highest BCUT2D eigenvalue weighted by Gasteiger charge is 2.33. The van der Waals surface area contributed by atoms with E-state index in [2.05, 4.69) is 21.3 Å². The zero-order valence-electron chi connectivity index (χ0n) is 34.8. The number of halogens is 3. The van der Waals surface area contributed by atoms with Crippen molar-refractivity contribution in [3.63, 3.8) is 0 Å². The minimum Gasteiger partial charge on any atom is -0.394 e. The van der Waals surface area contributed by atoms with Crippen LogP contribution in [0.2, 0.25) is 0 Å². The molecule has 23 nitrogen and oxygen atoms in total. The van der Waals surface area contributed by atoms with Gasteiger partial charge in [0.2, 0.25) is 11.8 Å². The molecule has 0 aliphatic rings. The Bertz CT molecular complexity index is 1870. The second kappa shape index (κ2) is 27.0. The molecule has 0 fully saturated rings. The summed E-state index contributed by atoms with van der Waals surface area (Å²) >= 11 is 5.20. The molecule has 64 heavy (non-hydrogen) atoms. The van der Waals surface area contributed by atoms with Gasteiger partial charge in [-0.25, -0.2) is 0 Å². The SMILES string of the molecule is Cc1c(NC(=O)CO)c(I)c(C(=O)NCC(O)CNC(=O)c2c(C)c(C(=O)N(CC(O)CO)CC(O)CO)c(I)c(NC(=O)CO)c2I)c(C)c1C(=O)N(CC(O)CO)CC(O)CO. The lowest BCUT2D eigenvalue weighted by Crippen LogP contribution is -2.45. The quantitative estimate of drug-likeness (QED) is 0.0447. The number of hydrogen-bond acceptors (Lipinski definition) is 17. The van der Waals surface area contributed by atoms with E-state index in [1.165, 1.54) is 20.8 Å². The Morgan fingerprint density at radius 2 is 0.781 bits per heavy atom. The van der Waals surface area contributed by atoms with E-state index in [-0.39, 0.29) is 61.0 Å². The maximum atomic E-state index is 14.0. The molecule has 0 saturated heterocycles. The van der Waals surface area contributed by atoms with Crippen molar-refractivity contribution in [1.29, 1.82) is 0 Å². The zero-order chi connectivity index (χ0) is 48.7. The molecule has 0 aliphatic heterocycles. The standard InChI is InChI=1S/C38H53I3N6O17/c1-16-26(37(63)46(6-20(55)10-48)7-21(56)11-49)18(3)33(44-24(59)14-52)30(39)27(16)35(61)42-4-19(54)5-43-36(62)28-17(2)29(32(41)34(31(28)40)45-25(60)15-53)38(64)47(8-22(57)12-50)9-23(58)13-51/h19-23,48-58H,4-15H2,1-3H3,(H,42,61)(H,43,62)(H,44,59)(H,45,60). The van der Waals surface area contributed by atoms with Crippen LogP contribution >= 0.6 is 67.8 Å². The van der Waals surface area contributed by atoms with E-state index in [0.29, 0.717) is 0 Å². The number of amides is 6. The summed E-state index contributed by atoms with van der Waals surface area (Å²) < 4.78 is 0.303. The van der Waals surface area contributed by atoms with Crippen LogP contribution < -0.4 is 21.3 Å². The molecule has 6 amide bonds. The first-order valence-corrected chi connectivity index (χ1v) is 22.4. The Hall–Kier alpha value is -2.99. The molecule has 2 rings (SSSR count). The van der Waals surface area contributed by atoms with Crippen LogP contribution in [0.5, 0.6) is 0 Å². The van der Waals surface area contributed by atoms with Gasteiger partial charge in [0.25, 0.3) is 23.6 Å². The van der Waals surface area contributed by atoms with E-state index in [9.17, 15) is 84.9 Å². The van der Waals surface area contributed by atoms with Gasteiger partial charge in [-0.1, -0.05) is 0 Å². The lowest BCUT2D eigenvalue weighted by Gasteiger charge is -2.29. The molecular formula is C38H53I3N6O17. The average Bonchev–Trinajstić information content (AvgIpc) is 3.26. The van der Waals surface area contributed by atoms with Crippen molar-refractivity contribution < 1.29 is 84.9 Å². The van der Waals surface area contributed by atoms with Gasteiger partial charge in [-0.2, -0.15) is 0 Å². The second-order valence-corrected chi connectivity index (χ2v) is 17.6. The lowest BCUT2D eigenvalue weighted by molar-refractivity contribution is -0.119. The highest BCUT2D eigenvalue weighted by molar-refractivity contribution is 14.1. The highest BCUT2D eigenvalue weighted by atomic mass is 127. The Kier molecular flexibility index (Phi) is 24.1. The lowest BCUT2D eigenvalue weighted by atomic mass is 9.93. The van der Waals surface area contributed by atoms with Gasteiger partial charge in [-0.05, 0) is 105 Å². The minimum absolute atomic E-state index is 0.0391. The van der Waals surface area contributed by atoms with Gasteiger partial charge >= 0.3 is 0 Å². The number of anilines is 2. The Morgan fingerprint density at radius 3 is 1.14 bits per heavy atom. The molecule has 2 aromatic rings. The number of nitrogens with one attached hydrogen (secondary N) is 4. The zero-order valence-corrected chi connectivity index (χ0v) is 41.2. The molecule has 0 heterocycles.